The van der Waals surface area contributed by atoms with Crippen LogP contribution in [0.5, 0.6) is 0 Å². The molecule has 31 heavy (non-hydrogen) atoms. The topological polar surface area (TPSA) is 84.6 Å². The van der Waals surface area contributed by atoms with E-state index in [2.05, 4.69) is 37.2 Å². The number of imidazole rings is 1. The Morgan fingerprint density at radius 2 is 1.77 bits per heavy atom. The molecule has 3 aliphatic heterocycles. The molecule has 0 aromatic carbocycles. The minimum Gasteiger partial charge on any atom is -0.348 e. The molecule has 166 valence electrons. The van der Waals surface area contributed by atoms with E-state index < -0.39 is 12.1 Å². The summed E-state index contributed by atoms with van der Waals surface area (Å²) in [6.45, 7) is 6.30. The summed E-state index contributed by atoms with van der Waals surface area (Å²) < 4.78 is 0. The van der Waals surface area contributed by atoms with Gasteiger partial charge in [-0.2, -0.15) is 0 Å². The Hall–Kier alpha value is -2.23. The van der Waals surface area contributed by atoms with E-state index in [-0.39, 0.29) is 11.8 Å². The van der Waals surface area contributed by atoms with Gasteiger partial charge in [-0.15, -0.1) is 11.3 Å². The number of piperazine rings is 2. The average molecular weight is 443 g/mol. The molecular formula is C22H30N6O2S. The molecule has 5 heterocycles. The van der Waals surface area contributed by atoms with Crippen molar-refractivity contribution in [2.45, 2.75) is 50.9 Å². The van der Waals surface area contributed by atoms with Crippen LogP contribution in [0.2, 0.25) is 0 Å². The molecule has 0 bridgehead atoms. The summed E-state index contributed by atoms with van der Waals surface area (Å²) in [5.74, 6) is -0.0374. The summed E-state index contributed by atoms with van der Waals surface area (Å²) in [6.07, 6.45) is 7.73. The largest absolute Gasteiger partial charge is 0.348 e. The van der Waals surface area contributed by atoms with E-state index in [9.17, 15) is 9.59 Å². The Labute approximate surface area is 186 Å². The van der Waals surface area contributed by atoms with Crippen molar-refractivity contribution >= 4 is 23.2 Å². The summed E-state index contributed by atoms with van der Waals surface area (Å²) in [6, 6.07) is 3.57. The zero-order valence-corrected chi connectivity index (χ0v) is 18.6. The van der Waals surface area contributed by atoms with Gasteiger partial charge in [-0.3, -0.25) is 19.4 Å². The quantitative estimate of drug-likeness (QED) is 0.703. The number of H-pyrrole nitrogens is 1. The molecule has 0 spiro atoms. The number of nitrogens with one attached hydrogen (secondary N) is 2. The van der Waals surface area contributed by atoms with Crippen molar-refractivity contribution < 1.29 is 9.59 Å². The molecule has 2 amide bonds. The first-order valence-corrected chi connectivity index (χ1v) is 12.1. The van der Waals surface area contributed by atoms with Crippen LogP contribution >= 0.6 is 11.3 Å². The molecule has 0 radical (unpaired) electrons. The third-order valence-corrected chi connectivity index (χ3v) is 7.62. The second-order valence-corrected chi connectivity index (χ2v) is 10.1. The molecule has 0 unspecified atom stereocenters. The van der Waals surface area contributed by atoms with Gasteiger partial charge in [0.2, 0.25) is 11.8 Å². The lowest BCUT2D eigenvalue weighted by atomic mass is 10.0. The van der Waals surface area contributed by atoms with Gasteiger partial charge in [-0.1, -0.05) is 6.42 Å². The predicted molar refractivity (Wildman–Crippen MR) is 118 cm³/mol. The molecule has 2 N–H and O–H groups in total. The number of piperidine rings is 1. The highest BCUT2D eigenvalue weighted by Crippen LogP contribution is 2.24. The van der Waals surface area contributed by atoms with Crippen LogP contribution in [0.1, 0.15) is 34.7 Å². The normalized spacial score (nSPS) is 25.5. The number of fused-ring (bicyclic) bond motifs is 1. The number of nitrogens with zero attached hydrogens (tertiary/aromatic N) is 4. The number of thiophene rings is 1. The Bertz CT molecular complexity index is 907. The van der Waals surface area contributed by atoms with Crippen LogP contribution in [0.15, 0.2) is 24.7 Å². The standard InChI is InChI=1S/C22H30N6O2S/c29-21-20-14-27(13-18-5-4-17(31-18)12-26-6-2-1-3-7-26)8-9-28(20)22(30)19(25-21)10-16-11-23-15-24-16/h4-5,11,15,19-20H,1-3,6-10,12-14H2,(H,23,24)(H,25,29)/t19-,20+/m1/s1. The third kappa shape index (κ3) is 4.68. The second-order valence-electron chi connectivity index (χ2n) is 8.83. The molecule has 3 fully saturated rings. The summed E-state index contributed by atoms with van der Waals surface area (Å²) in [5.41, 5.74) is 0.855. The molecular weight excluding hydrogens is 412 g/mol. The molecule has 9 heteroatoms. The lowest BCUT2D eigenvalue weighted by Crippen LogP contribution is -2.69. The van der Waals surface area contributed by atoms with Gasteiger partial charge < -0.3 is 15.2 Å². The van der Waals surface area contributed by atoms with Gasteiger partial charge in [0.1, 0.15) is 12.1 Å². The average Bonchev–Trinajstić information content (AvgIpc) is 3.45. The van der Waals surface area contributed by atoms with Crippen LogP contribution in [0, 0.1) is 0 Å². The van der Waals surface area contributed by atoms with Crippen molar-refractivity contribution in [1.29, 1.82) is 0 Å². The fourth-order valence-corrected chi connectivity index (χ4v) is 6.01. The van der Waals surface area contributed by atoms with Crippen molar-refractivity contribution in [2.75, 3.05) is 32.7 Å². The van der Waals surface area contributed by atoms with Crippen LogP contribution < -0.4 is 5.32 Å². The van der Waals surface area contributed by atoms with Gasteiger partial charge in [0, 0.05) is 60.8 Å². The van der Waals surface area contributed by atoms with Crippen molar-refractivity contribution in [2.24, 2.45) is 0 Å². The first kappa shape index (κ1) is 20.7. The van der Waals surface area contributed by atoms with Crippen LogP contribution in [-0.2, 0) is 29.1 Å². The number of hydrogen-bond donors (Lipinski definition) is 2. The maximum Gasteiger partial charge on any atom is 0.246 e. The first-order chi connectivity index (χ1) is 15.2. The summed E-state index contributed by atoms with van der Waals surface area (Å²) >= 11 is 1.88. The van der Waals surface area contributed by atoms with Crippen LogP contribution in [0.3, 0.4) is 0 Å². The molecule has 0 aliphatic carbocycles. The second kappa shape index (κ2) is 9.10. The Morgan fingerprint density at radius 1 is 1.00 bits per heavy atom. The van der Waals surface area contributed by atoms with E-state index in [1.54, 1.807) is 17.4 Å². The summed E-state index contributed by atoms with van der Waals surface area (Å²) in [4.78, 5) is 42.1. The van der Waals surface area contributed by atoms with Crippen molar-refractivity contribution in [3.63, 3.8) is 0 Å². The third-order valence-electron chi connectivity index (χ3n) is 6.57. The van der Waals surface area contributed by atoms with Crippen LogP contribution in [0.4, 0.5) is 0 Å². The highest BCUT2D eigenvalue weighted by atomic mass is 32.1. The van der Waals surface area contributed by atoms with Gasteiger partial charge in [0.25, 0.3) is 0 Å². The molecule has 0 saturated carbocycles. The number of hydrogen-bond acceptors (Lipinski definition) is 6. The van der Waals surface area contributed by atoms with Crippen LogP contribution in [-0.4, -0.2) is 81.3 Å². The fourth-order valence-electron chi connectivity index (χ4n) is 4.91. The summed E-state index contributed by atoms with van der Waals surface area (Å²) in [7, 11) is 0. The number of rotatable bonds is 6. The van der Waals surface area contributed by atoms with Crippen molar-refractivity contribution in [3.05, 3.63) is 40.1 Å². The number of carbonyl (C=O) groups is 2. The van der Waals surface area contributed by atoms with E-state index in [1.165, 1.54) is 42.1 Å². The van der Waals surface area contributed by atoms with E-state index in [1.807, 2.05) is 11.3 Å². The zero-order chi connectivity index (χ0) is 21.2. The molecule has 3 saturated heterocycles. The Balaban J connectivity index is 1.17. The molecule has 3 aliphatic rings. The molecule has 2 atom stereocenters. The predicted octanol–water partition coefficient (Wildman–Crippen LogP) is 1.21. The lowest BCUT2D eigenvalue weighted by molar-refractivity contribution is -0.153. The van der Waals surface area contributed by atoms with E-state index >= 15 is 0 Å². The van der Waals surface area contributed by atoms with E-state index in [0.29, 0.717) is 19.5 Å². The number of carbonyl (C=O) groups excluding carboxylic acids is 2. The van der Waals surface area contributed by atoms with Gasteiger partial charge in [0.15, 0.2) is 0 Å². The zero-order valence-electron chi connectivity index (χ0n) is 17.8. The van der Waals surface area contributed by atoms with E-state index in [0.717, 1.165) is 25.3 Å². The minimum absolute atomic E-state index is 0.0128. The number of amides is 2. The number of aromatic nitrogens is 2. The van der Waals surface area contributed by atoms with Gasteiger partial charge in [-0.05, 0) is 38.1 Å². The maximum absolute atomic E-state index is 12.9. The fraction of sp³-hybridized carbons (Fsp3) is 0.591. The maximum atomic E-state index is 12.9. The monoisotopic (exact) mass is 442 g/mol. The smallest absolute Gasteiger partial charge is 0.246 e. The Morgan fingerprint density at radius 3 is 2.52 bits per heavy atom. The molecule has 5 rings (SSSR count). The molecule has 2 aromatic rings. The first-order valence-electron chi connectivity index (χ1n) is 11.3. The number of aromatic amines is 1. The Kier molecular flexibility index (Phi) is 6.06. The molecule has 2 aromatic heterocycles. The summed E-state index contributed by atoms with van der Waals surface area (Å²) in [5, 5.41) is 2.93. The van der Waals surface area contributed by atoms with Crippen molar-refractivity contribution in [1.82, 2.24) is 30.0 Å². The van der Waals surface area contributed by atoms with Crippen LogP contribution in [0.25, 0.3) is 0 Å². The minimum atomic E-state index is -0.509. The number of likely N-dealkylation sites (tertiary alicyclic amines) is 1. The molecule has 8 nitrogen and oxygen atoms in total. The van der Waals surface area contributed by atoms with Crippen molar-refractivity contribution in [3.8, 4) is 0 Å². The SMILES string of the molecule is O=C1N[C@H](Cc2cnc[nH]2)C(=O)N2CCN(Cc3ccc(CN4CCCCC4)s3)C[C@@H]12. The van der Waals surface area contributed by atoms with Gasteiger partial charge in [-0.25, -0.2) is 4.98 Å². The van der Waals surface area contributed by atoms with Gasteiger partial charge >= 0.3 is 0 Å². The lowest BCUT2D eigenvalue weighted by Gasteiger charge is -2.45. The van der Waals surface area contributed by atoms with Gasteiger partial charge in [0.05, 0.1) is 6.33 Å². The highest BCUT2D eigenvalue weighted by molar-refractivity contribution is 7.11. The highest BCUT2D eigenvalue weighted by Gasteiger charge is 2.43. The van der Waals surface area contributed by atoms with E-state index in [4.69, 9.17) is 0 Å².